The van der Waals surface area contributed by atoms with E-state index in [2.05, 4.69) is 37.7 Å². The Morgan fingerprint density at radius 3 is 2.00 bits per heavy atom. The Labute approximate surface area is 281 Å². The molecule has 0 amide bonds. The molecule has 46 heavy (non-hydrogen) atoms. The first-order valence-electron chi connectivity index (χ1n) is 14.8. The number of hydrogen-bond acceptors (Lipinski definition) is 10. The van der Waals surface area contributed by atoms with Crippen LogP contribution in [0.25, 0.3) is 0 Å². The lowest BCUT2D eigenvalue weighted by atomic mass is 10.2. The molecule has 2 aromatic carbocycles. The number of para-hydroxylation sites is 4. The highest BCUT2D eigenvalue weighted by molar-refractivity contribution is 5.84. The molecule has 0 saturated heterocycles. The maximum atomic E-state index is 6.28. The van der Waals surface area contributed by atoms with Gasteiger partial charge in [0.2, 0.25) is 31.7 Å². The van der Waals surface area contributed by atoms with Crippen LogP contribution >= 0.6 is 0 Å². The molecule has 245 valence electrons. The normalized spacial score (nSPS) is 14.5. The number of nitrogens with two attached hydrogens (primary N) is 2. The van der Waals surface area contributed by atoms with Crippen LogP contribution in [0.1, 0.15) is 19.3 Å². The number of nitrogens with zero attached hydrogens (tertiary/aromatic N) is 6. The summed E-state index contributed by atoms with van der Waals surface area (Å²) in [6.45, 7) is 4.21. The van der Waals surface area contributed by atoms with Crippen molar-refractivity contribution < 1.29 is 48.3 Å². The predicted molar refractivity (Wildman–Crippen MR) is 168 cm³/mol. The molecule has 6 rings (SSSR count). The van der Waals surface area contributed by atoms with Crippen molar-refractivity contribution in [1.29, 1.82) is 0 Å². The second-order valence-electron chi connectivity index (χ2n) is 10.6. The van der Waals surface area contributed by atoms with Crippen LogP contribution in [0.2, 0.25) is 0 Å². The minimum atomic E-state index is 0. The fourth-order valence-electron chi connectivity index (χ4n) is 5.39. The lowest BCUT2D eigenvalue weighted by Crippen LogP contribution is -3.00. The molecule has 12 nitrogen and oxygen atoms in total. The van der Waals surface area contributed by atoms with Crippen molar-refractivity contribution >= 4 is 28.6 Å². The van der Waals surface area contributed by atoms with Gasteiger partial charge in [-0.05, 0) is 37.1 Å². The number of aliphatic imine (C=N–C) groups is 1. The van der Waals surface area contributed by atoms with Crippen molar-refractivity contribution in [3.63, 3.8) is 0 Å². The molecule has 0 atom stereocenters. The van der Waals surface area contributed by atoms with E-state index in [-0.39, 0.29) is 38.4 Å². The standard InChI is InChI=1S/C32H39N8O4.2ClH/c33-26-7-1-3-9-28(26)39(31-21-41-24-43-31)19-17-37-16-15-36(23-37)13-6-5-11-30-35-12-14-38(30)18-20-40(32-22-42-25-44-32)29-10-4-2-8-27(29)34;;/h1-4,7-10,12,14-16,21-23H,5-6,11,13,17-20,24-25,33-34H2;2*1H/q+2;;/p-2. The maximum Gasteiger partial charge on any atom is 0.298 e. The summed E-state index contributed by atoms with van der Waals surface area (Å²) in [5.41, 5.74) is 15.7. The lowest BCUT2D eigenvalue weighted by Gasteiger charge is -2.25. The fraction of sp³-hybridized carbons (Fsp3) is 0.312. The quantitative estimate of drug-likeness (QED) is 0.101. The number of hydrogen-bond donors (Lipinski definition) is 2. The SMILES string of the molecule is Nc1ccccc1N(CCN1C=C[N+]=C1CCCC[n+]1ccn(CCN(C2=COCO2)c2ccccc2N)c1)C1=COCO1.[Cl-].[Cl-]. The lowest BCUT2D eigenvalue weighted by molar-refractivity contribution is -0.696. The van der Waals surface area contributed by atoms with Crippen molar-refractivity contribution in [1.82, 2.24) is 14.5 Å². The third-order valence-corrected chi connectivity index (χ3v) is 7.67. The molecule has 0 aliphatic carbocycles. The summed E-state index contributed by atoms with van der Waals surface area (Å²) in [4.78, 5) is 10.9. The topological polar surface area (TPSA) is 122 Å². The number of benzene rings is 2. The number of aryl methyl sites for hydroxylation is 1. The zero-order chi connectivity index (χ0) is 30.1. The van der Waals surface area contributed by atoms with E-state index in [0.29, 0.717) is 36.2 Å². The van der Waals surface area contributed by atoms with Crippen LogP contribution in [-0.4, -0.2) is 48.5 Å². The Bertz CT molecular complexity index is 1560. The van der Waals surface area contributed by atoms with Gasteiger partial charge in [-0.2, -0.15) is 0 Å². The maximum absolute atomic E-state index is 6.28. The van der Waals surface area contributed by atoms with Crippen LogP contribution in [-0.2, 0) is 32.0 Å². The van der Waals surface area contributed by atoms with Crippen molar-refractivity contribution in [2.75, 3.05) is 54.5 Å². The molecule has 4 N–H and O–H groups in total. The molecule has 1 aromatic heterocycles. The molecule has 4 heterocycles. The highest BCUT2D eigenvalue weighted by atomic mass is 35.5. The Hall–Kier alpha value is -4.68. The zero-order valence-corrected chi connectivity index (χ0v) is 27.0. The smallest absolute Gasteiger partial charge is 0.298 e. The summed E-state index contributed by atoms with van der Waals surface area (Å²) >= 11 is 0. The van der Waals surface area contributed by atoms with Gasteiger partial charge >= 0.3 is 0 Å². The van der Waals surface area contributed by atoms with Gasteiger partial charge in [0, 0.05) is 0 Å². The van der Waals surface area contributed by atoms with E-state index >= 15 is 0 Å². The van der Waals surface area contributed by atoms with Gasteiger partial charge < -0.3 is 65.0 Å². The molecule has 3 aliphatic heterocycles. The third kappa shape index (κ3) is 8.32. The highest BCUT2D eigenvalue weighted by Gasteiger charge is 2.27. The van der Waals surface area contributed by atoms with Crippen molar-refractivity contribution in [2.45, 2.75) is 32.4 Å². The summed E-state index contributed by atoms with van der Waals surface area (Å²) in [5.74, 6) is 2.39. The molecule has 0 bridgehead atoms. The molecule has 3 aromatic rings. The van der Waals surface area contributed by atoms with Crippen LogP contribution in [0, 0.1) is 0 Å². The van der Waals surface area contributed by atoms with E-state index in [9.17, 15) is 0 Å². The van der Waals surface area contributed by atoms with E-state index in [1.165, 1.54) is 0 Å². The molecule has 14 heteroatoms. The van der Waals surface area contributed by atoms with Crippen molar-refractivity contribution in [3.8, 4) is 0 Å². The van der Waals surface area contributed by atoms with E-state index < -0.39 is 0 Å². The second-order valence-corrected chi connectivity index (χ2v) is 10.6. The van der Waals surface area contributed by atoms with Gasteiger partial charge in [-0.3, -0.25) is 0 Å². The van der Waals surface area contributed by atoms with E-state index in [1.807, 2.05) is 70.7 Å². The number of nitrogen functional groups attached to an aromatic ring is 2. The van der Waals surface area contributed by atoms with Gasteiger partial charge in [0.15, 0.2) is 6.20 Å². The number of anilines is 4. The van der Waals surface area contributed by atoms with Gasteiger partial charge in [-0.1, -0.05) is 29.3 Å². The zero-order valence-electron chi connectivity index (χ0n) is 25.5. The van der Waals surface area contributed by atoms with E-state index in [0.717, 1.165) is 56.1 Å². The first-order chi connectivity index (χ1) is 21.7. The Morgan fingerprint density at radius 1 is 0.804 bits per heavy atom. The largest absolute Gasteiger partial charge is 1.00 e. The number of ether oxygens (including phenoxy) is 4. The van der Waals surface area contributed by atoms with Crippen LogP contribution in [0.3, 0.4) is 0 Å². The number of amidine groups is 1. The third-order valence-electron chi connectivity index (χ3n) is 7.67. The first-order valence-corrected chi connectivity index (χ1v) is 14.8. The minimum absolute atomic E-state index is 0. The number of imidazole rings is 1. The Balaban J connectivity index is 0.00000240. The van der Waals surface area contributed by atoms with E-state index in [1.54, 1.807) is 12.5 Å². The molecule has 0 saturated carbocycles. The molecule has 3 aliphatic rings. The van der Waals surface area contributed by atoms with Crippen LogP contribution < -0.4 is 55.6 Å². The summed E-state index contributed by atoms with van der Waals surface area (Å²) in [7, 11) is 0. The van der Waals surface area contributed by atoms with Gasteiger partial charge in [0.05, 0.1) is 48.8 Å². The molecule has 0 unspecified atom stereocenters. The summed E-state index contributed by atoms with van der Waals surface area (Å²) in [6.07, 6.45) is 16.5. The number of rotatable bonds is 15. The monoisotopic (exact) mass is 669 g/mol. The average molecular weight is 671 g/mol. The summed E-state index contributed by atoms with van der Waals surface area (Å²) in [5, 5.41) is 0. The van der Waals surface area contributed by atoms with Crippen LogP contribution in [0.4, 0.5) is 22.7 Å². The molecule has 1 radical (unpaired) electrons. The fourth-order valence-corrected chi connectivity index (χ4v) is 5.39. The van der Waals surface area contributed by atoms with Gasteiger partial charge in [-0.25, -0.2) is 14.0 Å². The first kappa shape index (κ1) is 34.2. The highest BCUT2D eigenvalue weighted by Crippen LogP contribution is 2.29. The minimum Gasteiger partial charge on any atom is -1.00 e. The Morgan fingerprint density at radius 2 is 1.41 bits per heavy atom. The molecular formula is C32H39Cl2N8O4. The Kier molecular flexibility index (Phi) is 12.3. The van der Waals surface area contributed by atoms with Crippen LogP contribution in [0.5, 0.6) is 0 Å². The number of halogens is 2. The predicted octanol–water partition coefficient (Wildman–Crippen LogP) is -2.74. The van der Waals surface area contributed by atoms with Gasteiger partial charge in [0.1, 0.15) is 44.2 Å². The number of aromatic nitrogens is 2. The van der Waals surface area contributed by atoms with Crippen LogP contribution in [0.15, 0.2) is 104 Å². The van der Waals surface area contributed by atoms with Gasteiger partial charge in [0.25, 0.3) is 5.84 Å². The molecule has 0 spiro atoms. The average Bonchev–Trinajstić information content (AvgIpc) is 3.87. The molecular weight excluding hydrogens is 631 g/mol. The van der Waals surface area contributed by atoms with Gasteiger partial charge in [-0.15, -0.1) is 0 Å². The summed E-state index contributed by atoms with van der Waals surface area (Å²) < 4.78 is 26.4. The second kappa shape index (κ2) is 16.6. The van der Waals surface area contributed by atoms with E-state index in [4.69, 9.17) is 30.4 Å². The molecule has 0 fully saturated rings. The van der Waals surface area contributed by atoms with Crippen molar-refractivity contribution in [3.05, 3.63) is 104 Å². The summed E-state index contributed by atoms with van der Waals surface area (Å²) in [6, 6.07) is 15.6. The number of unbranched alkanes of at least 4 members (excludes halogenated alkanes) is 1. The van der Waals surface area contributed by atoms with Crippen molar-refractivity contribution in [2.24, 2.45) is 0 Å².